The molecule has 1 N–H and O–H groups in total. The van der Waals surface area contributed by atoms with Crippen molar-refractivity contribution in [1.29, 1.82) is 0 Å². The van der Waals surface area contributed by atoms with E-state index >= 15 is 0 Å². The van der Waals surface area contributed by atoms with E-state index in [0.29, 0.717) is 30.7 Å². The molecular weight excluding hydrogens is 298 g/mol. The van der Waals surface area contributed by atoms with Crippen LogP contribution >= 0.6 is 0 Å². The number of nitrogens with one attached hydrogen (secondary N) is 1. The summed E-state index contributed by atoms with van der Waals surface area (Å²) in [4.78, 5) is 37.2. The van der Waals surface area contributed by atoms with Crippen LogP contribution in [0.25, 0.3) is 11.2 Å². The van der Waals surface area contributed by atoms with Crippen molar-refractivity contribution in [3.8, 4) is 0 Å². The molecule has 1 aliphatic heterocycles. The maximum absolute atomic E-state index is 12.3. The van der Waals surface area contributed by atoms with Gasteiger partial charge in [-0.25, -0.2) is 19.6 Å². The second-order valence-electron chi connectivity index (χ2n) is 6.83. The van der Waals surface area contributed by atoms with Crippen LogP contribution in [0.2, 0.25) is 0 Å². The number of hydrogen-bond donors (Lipinski definition) is 1. The van der Waals surface area contributed by atoms with Gasteiger partial charge >= 0.3 is 11.8 Å². The highest BCUT2D eigenvalue weighted by molar-refractivity contribution is 5.73. The molecule has 2 aromatic heterocycles. The van der Waals surface area contributed by atoms with E-state index in [0.717, 1.165) is 5.69 Å². The van der Waals surface area contributed by atoms with Gasteiger partial charge in [-0.1, -0.05) is 0 Å². The average Bonchev–Trinajstić information content (AvgIpc) is 3.01. The highest BCUT2D eigenvalue weighted by Crippen LogP contribution is 2.25. The summed E-state index contributed by atoms with van der Waals surface area (Å²) >= 11 is 0. The van der Waals surface area contributed by atoms with Crippen molar-refractivity contribution < 1.29 is 9.53 Å². The number of aromatic nitrogens is 4. The molecule has 1 saturated heterocycles. The van der Waals surface area contributed by atoms with Gasteiger partial charge in [-0.3, -0.25) is 4.57 Å². The van der Waals surface area contributed by atoms with Gasteiger partial charge < -0.3 is 14.6 Å². The second-order valence-corrected chi connectivity index (χ2v) is 6.83. The lowest BCUT2D eigenvalue weighted by molar-refractivity contribution is 0.0289. The Morgan fingerprint density at radius 1 is 1.39 bits per heavy atom. The minimum absolute atomic E-state index is 0.113. The minimum Gasteiger partial charge on any atom is -0.444 e. The Kier molecular flexibility index (Phi) is 3.62. The van der Waals surface area contributed by atoms with Crippen LogP contribution in [0.3, 0.4) is 0 Å². The highest BCUT2D eigenvalue weighted by Gasteiger charge is 2.32. The zero-order chi connectivity index (χ0) is 16.8. The second kappa shape index (κ2) is 5.36. The Morgan fingerprint density at radius 2 is 2.13 bits per heavy atom. The summed E-state index contributed by atoms with van der Waals surface area (Å²) < 4.78 is 7.01. The maximum Gasteiger partial charge on any atom is 0.410 e. The third-order valence-electron chi connectivity index (χ3n) is 3.88. The molecule has 0 radical (unpaired) electrons. The van der Waals surface area contributed by atoms with Crippen molar-refractivity contribution in [1.82, 2.24) is 24.4 Å². The van der Waals surface area contributed by atoms with Crippen LogP contribution in [0.5, 0.6) is 0 Å². The number of imidazole rings is 1. The molecular formula is C15H21N5O3. The van der Waals surface area contributed by atoms with E-state index in [1.165, 1.54) is 6.33 Å². The van der Waals surface area contributed by atoms with Crippen LogP contribution in [-0.2, 0) is 4.74 Å². The summed E-state index contributed by atoms with van der Waals surface area (Å²) in [6.07, 6.45) is 1.79. The summed E-state index contributed by atoms with van der Waals surface area (Å²) in [5.74, 6) is 0. The predicted octanol–water partition coefficient (Wildman–Crippen LogP) is 1.61. The summed E-state index contributed by atoms with van der Waals surface area (Å²) in [6, 6.07) is -0.113. The molecule has 8 heteroatoms. The van der Waals surface area contributed by atoms with Crippen molar-refractivity contribution >= 4 is 17.3 Å². The molecule has 1 fully saturated rings. The summed E-state index contributed by atoms with van der Waals surface area (Å²) in [5, 5.41) is 0. The number of hydrogen-bond acceptors (Lipinski definition) is 5. The summed E-state index contributed by atoms with van der Waals surface area (Å²) in [5.41, 5.74) is 1.20. The predicted molar refractivity (Wildman–Crippen MR) is 84.3 cm³/mol. The molecule has 3 heterocycles. The van der Waals surface area contributed by atoms with Crippen LogP contribution in [0, 0.1) is 6.92 Å². The molecule has 2 aromatic rings. The van der Waals surface area contributed by atoms with E-state index in [-0.39, 0.29) is 17.8 Å². The van der Waals surface area contributed by atoms with E-state index < -0.39 is 5.60 Å². The Balaban J connectivity index is 1.85. The fourth-order valence-electron chi connectivity index (χ4n) is 2.84. The van der Waals surface area contributed by atoms with Crippen LogP contribution in [0.1, 0.15) is 38.9 Å². The lowest BCUT2D eigenvalue weighted by atomic mass is 10.2. The van der Waals surface area contributed by atoms with Crippen molar-refractivity contribution in [2.75, 3.05) is 13.1 Å². The summed E-state index contributed by atoms with van der Waals surface area (Å²) in [7, 11) is 0. The fourth-order valence-corrected chi connectivity index (χ4v) is 2.84. The van der Waals surface area contributed by atoms with Gasteiger partial charge in [0.2, 0.25) is 0 Å². The largest absolute Gasteiger partial charge is 0.444 e. The lowest BCUT2D eigenvalue weighted by Crippen LogP contribution is -2.36. The van der Waals surface area contributed by atoms with E-state index in [4.69, 9.17) is 4.74 Å². The van der Waals surface area contributed by atoms with Gasteiger partial charge in [0.15, 0.2) is 5.65 Å². The van der Waals surface area contributed by atoms with Gasteiger partial charge in [-0.2, -0.15) is 0 Å². The number of fused-ring (bicyclic) bond motifs is 1. The van der Waals surface area contributed by atoms with Gasteiger partial charge in [0.1, 0.15) is 17.4 Å². The topological polar surface area (TPSA) is 93.1 Å². The Labute approximate surface area is 133 Å². The van der Waals surface area contributed by atoms with Crippen molar-refractivity contribution in [3.63, 3.8) is 0 Å². The fraction of sp³-hybridized carbons (Fsp3) is 0.600. The smallest absolute Gasteiger partial charge is 0.410 e. The molecule has 3 rings (SSSR count). The monoisotopic (exact) mass is 319 g/mol. The first-order valence-electron chi connectivity index (χ1n) is 7.66. The lowest BCUT2D eigenvalue weighted by Gasteiger charge is -2.24. The van der Waals surface area contributed by atoms with Crippen molar-refractivity contribution in [2.24, 2.45) is 0 Å². The highest BCUT2D eigenvalue weighted by atomic mass is 16.6. The van der Waals surface area contributed by atoms with Gasteiger partial charge in [0.25, 0.3) is 0 Å². The zero-order valence-electron chi connectivity index (χ0n) is 13.8. The first kappa shape index (κ1) is 15.5. The Bertz CT molecular complexity index is 802. The van der Waals surface area contributed by atoms with Gasteiger partial charge in [0.05, 0.1) is 11.7 Å². The number of aryl methyl sites for hydroxylation is 1. The first-order chi connectivity index (χ1) is 10.8. The molecule has 1 atom stereocenters. The molecule has 0 aliphatic carbocycles. The van der Waals surface area contributed by atoms with E-state index in [2.05, 4.69) is 15.0 Å². The van der Waals surface area contributed by atoms with Crippen LogP contribution in [0.15, 0.2) is 11.1 Å². The number of carbonyl (C=O) groups excluding carboxylic acids is 1. The molecule has 1 amide bonds. The summed E-state index contributed by atoms with van der Waals surface area (Å²) in [6.45, 7) is 8.33. The number of likely N-dealkylation sites (tertiary alicyclic amines) is 1. The Morgan fingerprint density at radius 3 is 2.83 bits per heavy atom. The SMILES string of the molecule is Cc1ncnc2c1[nH]c(=O)n2[C@@H]1CCN(C(=O)OC(C)(C)C)C1. The molecule has 8 nitrogen and oxygen atoms in total. The molecule has 0 unspecified atom stereocenters. The molecule has 0 aromatic carbocycles. The Hall–Kier alpha value is -2.38. The van der Waals surface area contributed by atoms with Crippen LogP contribution in [0.4, 0.5) is 4.79 Å². The standard InChI is InChI=1S/C15H21N5O3/c1-9-11-12(17-8-16-9)20(13(21)18-11)10-5-6-19(7-10)14(22)23-15(2,3)4/h8,10H,5-7H2,1-4H3,(H,18,21)/t10-/m1/s1. The number of aromatic amines is 1. The third kappa shape index (κ3) is 2.93. The molecule has 1 aliphatic rings. The van der Waals surface area contributed by atoms with Crippen LogP contribution < -0.4 is 5.69 Å². The molecule has 0 spiro atoms. The van der Waals surface area contributed by atoms with Gasteiger partial charge in [0, 0.05) is 13.1 Å². The number of carbonyl (C=O) groups is 1. The van der Waals surface area contributed by atoms with E-state index in [1.807, 2.05) is 27.7 Å². The number of rotatable bonds is 1. The number of H-pyrrole nitrogens is 1. The first-order valence-corrected chi connectivity index (χ1v) is 7.66. The maximum atomic E-state index is 12.3. The quantitative estimate of drug-likeness (QED) is 0.862. The van der Waals surface area contributed by atoms with Crippen LogP contribution in [-0.4, -0.2) is 49.2 Å². The number of nitrogens with zero attached hydrogens (tertiary/aromatic N) is 4. The van der Waals surface area contributed by atoms with Crippen molar-refractivity contribution in [2.45, 2.75) is 45.8 Å². The zero-order valence-corrected chi connectivity index (χ0v) is 13.8. The number of amides is 1. The molecule has 0 bridgehead atoms. The van der Waals surface area contributed by atoms with Gasteiger partial charge in [-0.05, 0) is 34.1 Å². The molecule has 124 valence electrons. The molecule has 23 heavy (non-hydrogen) atoms. The number of ether oxygens (including phenoxy) is 1. The third-order valence-corrected chi connectivity index (χ3v) is 3.88. The minimum atomic E-state index is -0.531. The molecule has 0 saturated carbocycles. The van der Waals surface area contributed by atoms with Gasteiger partial charge in [-0.15, -0.1) is 0 Å². The normalized spacial score (nSPS) is 18.6. The average molecular weight is 319 g/mol. The van der Waals surface area contributed by atoms with Crippen molar-refractivity contribution in [3.05, 3.63) is 22.5 Å². The van der Waals surface area contributed by atoms with E-state index in [9.17, 15) is 9.59 Å². The van der Waals surface area contributed by atoms with E-state index in [1.54, 1.807) is 9.47 Å².